The summed E-state index contributed by atoms with van der Waals surface area (Å²) in [6.07, 6.45) is 0. The Morgan fingerprint density at radius 3 is 1.33 bits per heavy atom. The summed E-state index contributed by atoms with van der Waals surface area (Å²) in [5.41, 5.74) is -1.50. The number of hydrogen-bond donors (Lipinski definition) is 0. The zero-order chi connectivity index (χ0) is 7.65. The molecule has 0 N–H and O–H groups in total. The van der Waals surface area contributed by atoms with E-state index in [0.717, 1.165) is 0 Å². The lowest BCUT2D eigenvalue weighted by Gasteiger charge is -2.29. The maximum absolute atomic E-state index is 13.1. The van der Waals surface area contributed by atoms with Crippen molar-refractivity contribution in [3.8, 4) is 0 Å². The molecule has 0 aromatic carbocycles. The van der Waals surface area contributed by atoms with Crippen molar-refractivity contribution in [2.24, 2.45) is 11.8 Å². The summed E-state index contributed by atoms with van der Waals surface area (Å²) >= 11 is 0. The summed E-state index contributed by atoms with van der Waals surface area (Å²) in [4.78, 5) is 0. The van der Waals surface area contributed by atoms with Crippen molar-refractivity contribution >= 4 is 7.85 Å². The minimum Gasteiger partial charge on any atom is -0.254 e. The molecular weight excluding hydrogens is 114 g/mol. The van der Waals surface area contributed by atoms with Crippen LogP contribution in [0.4, 0.5) is 4.39 Å². The standard InChI is InChI=1S/C7H14BF/c1-5(2)7(8,9)6(3)4/h5-6H,1-4H3. The first-order valence-electron chi connectivity index (χ1n) is 3.36. The first-order valence-corrected chi connectivity index (χ1v) is 3.36. The molecule has 0 rings (SSSR count). The third-order valence-electron chi connectivity index (χ3n) is 1.77. The van der Waals surface area contributed by atoms with Gasteiger partial charge in [-0.3, -0.25) is 4.39 Å². The van der Waals surface area contributed by atoms with Gasteiger partial charge in [0.15, 0.2) is 0 Å². The topological polar surface area (TPSA) is 0 Å². The minimum atomic E-state index is -1.50. The van der Waals surface area contributed by atoms with Gasteiger partial charge >= 0.3 is 0 Å². The Morgan fingerprint density at radius 1 is 1.11 bits per heavy atom. The van der Waals surface area contributed by atoms with Crippen LogP contribution >= 0.6 is 0 Å². The molecule has 0 fully saturated rings. The number of halogens is 1. The van der Waals surface area contributed by atoms with E-state index in [1.54, 1.807) is 27.7 Å². The predicted octanol–water partition coefficient (Wildman–Crippen LogP) is 2.13. The third-order valence-corrected chi connectivity index (χ3v) is 1.77. The highest BCUT2D eigenvalue weighted by molar-refractivity contribution is 6.14. The molecule has 0 unspecified atom stereocenters. The Labute approximate surface area is 58.2 Å². The van der Waals surface area contributed by atoms with Gasteiger partial charge in [-0.15, -0.1) is 0 Å². The number of rotatable bonds is 2. The van der Waals surface area contributed by atoms with Crippen LogP contribution in [0.25, 0.3) is 0 Å². The Hall–Kier alpha value is -0.00506. The molecule has 9 heavy (non-hydrogen) atoms. The molecule has 0 spiro atoms. The Morgan fingerprint density at radius 2 is 1.33 bits per heavy atom. The summed E-state index contributed by atoms with van der Waals surface area (Å²) in [6, 6.07) is 0. The number of alkyl halides is 1. The quantitative estimate of drug-likeness (QED) is 0.499. The van der Waals surface area contributed by atoms with Crippen molar-refractivity contribution in [2.45, 2.75) is 33.3 Å². The van der Waals surface area contributed by atoms with Crippen LogP contribution in [0.15, 0.2) is 0 Å². The first kappa shape index (κ1) is 8.99. The van der Waals surface area contributed by atoms with Crippen molar-refractivity contribution < 1.29 is 4.39 Å². The SMILES string of the molecule is [B]C(F)(C(C)C)C(C)C. The largest absolute Gasteiger partial charge is 0.254 e. The molecule has 0 aliphatic rings. The Balaban J connectivity index is 4.01. The van der Waals surface area contributed by atoms with E-state index in [9.17, 15) is 4.39 Å². The summed E-state index contributed by atoms with van der Waals surface area (Å²) < 4.78 is 13.1. The lowest BCUT2D eigenvalue weighted by atomic mass is 9.68. The third kappa shape index (κ3) is 2.00. The average Bonchev–Trinajstić information content (AvgIpc) is 1.65. The lowest BCUT2D eigenvalue weighted by Crippen LogP contribution is -2.36. The smallest absolute Gasteiger partial charge is 0.122 e. The van der Waals surface area contributed by atoms with Gasteiger partial charge in [0.1, 0.15) is 7.85 Å². The van der Waals surface area contributed by atoms with Crippen molar-refractivity contribution in [1.82, 2.24) is 0 Å². The van der Waals surface area contributed by atoms with Crippen LogP contribution in [0.2, 0.25) is 0 Å². The van der Waals surface area contributed by atoms with Crippen LogP contribution in [0.3, 0.4) is 0 Å². The van der Waals surface area contributed by atoms with Gasteiger partial charge in [-0.1, -0.05) is 27.7 Å². The van der Waals surface area contributed by atoms with E-state index >= 15 is 0 Å². The molecule has 0 atom stereocenters. The molecule has 0 amide bonds. The van der Waals surface area contributed by atoms with Crippen LogP contribution in [0, 0.1) is 11.8 Å². The lowest BCUT2D eigenvalue weighted by molar-refractivity contribution is 0.140. The number of hydrogen-bond acceptors (Lipinski definition) is 0. The van der Waals surface area contributed by atoms with E-state index < -0.39 is 5.57 Å². The van der Waals surface area contributed by atoms with Gasteiger partial charge in [-0.25, -0.2) is 0 Å². The second-order valence-corrected chi connectivity index (χ2v) is 3.14. The summed E-state index contributed by atoms with van der Waals surface area (Å²) in [7, 11) is 5.34. The summed E-state index contributed by atoms with van der Waals surface area (Å²) in [5.74, 6) is -0.199. The Kier molecular flexibility index (Phi) is 2.72. The van der Waals surface area contributed by atoms with Crippen LogP contribution in [0.1, 0.15) is 27.7 Å². The summed E-state index contributed by atoms with van der Waals surface area (Å²) in [5, 5.41) is 0. The minimum absolute atomic E-state index is 0.0995. The summed E-state index contributed by atoms with van der Waals surface area (Å²) in [6.45, 7) is 7.17. The highest BCUT2D eigenvalue weighted by Crippen LogP contribution is 2.26. The highest BCUT2D eigenvalue weighted by Gasteiger charge is 2.30. The van der Waals surface area contributed by atoms with Crippen molar-refractivity contribution in [1.29, 1.82) is 0 Å². The van der Waals surface area contributed by atoms with Crippen molar-refractivity contribution in [2.75, 3.05) is 0 Å². The van der Waals surface area contributed by atoms with Crippen molar-refractivity contribution in [3.63, 3.8) is 0 Å². The molecule has 0 nitrogen and oxygen atoms in total. The van der Waals surface area contributed by atoms with Gasteiger partial charge in [-0.05, 0) is 11.8 Å². The van der Waals surface area contributed by atoms with E-state index in [-0.39, 0.29) is 11.8 Å². The molecule has 0 aliphatic heterocycles. The van der Waals surface area contributed by atoms with E-state index in [2.05, 4.69) is 0 Å². The van der Waals surface area contributed by atoms with Crippen LogP contribution in [-0.4, -0.2) is 13.4 Å². The van der Waals surface area contributed by atoms with Gasteiger partial charge in [0.25, 0.3) is 0 Å². The molecule has 0 aliphatic carbocycles. The zero-order valence-corrected chi connectivity index (χ0v) is 6.61. The molecule has 2 heteroatoms. The van der Waals surface area contributed by atoms with Gasteiger partial charge in [0.05, 0.1) is 5.57 Å². The fraction of sp³-hybridized carbons (Fsp3) is 1.00. The molecule has 0 aromatic heterocycles. The van der Waals surface area contributed by atoms with Crippen LogP contribution in [0.5, 0.6) is 0 Å². The molecule has 0 aromatic rings. The zero-order valence-electron chi connectivity index (χ0n) is 6.61. The monoisotopic (exact) mass is 128 g/mol. The second-order valence-electron chi connectivity index (χ2n) is 3.14. The maximum atomic E-state index is 13.1. The molecule has 0 heterocycles. The van der Waals surface area contributed by atoms with E-state index in [1.807, 2.05) is 0 Å². The van der Waals surface area contributed by atoms with Gasteiger partial charge in [0.2, 0.25) is 0 Å². The molecular formula is C7H14BF. The second kappa shape index (κ2) is 2.72. The maximum Gasteiger partial charge on any atom is 0.122 e. The fourth-order valence-corrected chi connectivity index (χ4v) is 0.667. The Bertz CT molecular complexity index is 76.9. The predicted molar refractivity (Wildman–Crippen MR) is 39.3 cm³/mol. The molecule has 0 saturated carbocycles. The van der Waals surface area contributed by atoms with Crippen LogP contribution in [-0.2, 0) is 0 Å². The van der Waals surface area contributed by atoms with Gasteiger partial charge in [0, 0.05) is 0 Å². The molecule has 0 bridgehead atoms. The molecule has 52 valence electrons. The van der Waals surface area contributed by atoms with Crippen LogP contribution < -0.4 is 0 Å². The van der Waals surface area contributed by atoms with E-state index in [4.69, 9.17) is 7.85 Å². The fourth-order valence-electron chi connectivity index (χ4n) is 0.667. The molecule has 0 saturated heterocycles. The normalized spacial score (nSPS) is 13.2. The average molecular weight is 128 g/mol. The van der Waals surface area contributed by atoms with Crippen molar-refractivity contribution in [3.05, 3.63) is 0 Å². The first-order chi connectivity index (χ1) is 3.89. The van der Waals surface area contributed by atoms with Gasteiger partial charge in [-0.2, -0.15) is 0 Å². The highest BCUT2D eigenvalue weighted by atomic mass is 19.1. The molecule has 2 radical (unpaired) electrons. The van der Waals surface area contributed by atoms with Gasteiger partial charge < -0.3 is 0 Å². The van der Waals surface area contributed by atoms with E-state index in [0.29, 0.717) is 0 Å². The van der Waals surface area contributed by atoms with E-state index in [1.165, 1.54) is 0 Å².